The Labute approximate surface area is 137 Å². The Morgan fingerprint density at radius 3 is 2.39 bits per heavy atom. The van der Waals surface area contributed by atoms with Crippen LogP contribution < -0.4 is 5.32 Å². The lowest BCUT2D eigenvalue weighted by Gasteiger charge is -2.27. The summed E-state index contributed by atoms with van der Waals surface area (Å²) in [5.41, 5.74) is 2.57. The van der Waals surface area contributed by atoms with Gasteiger partial charge >= 0.3 is 0 Å². The van der Waals surface area contributed by atoms with E-state index in [1.54, 1.807) is 0 Å². The van der Waals surface area contributed by atoms with Gasteiger partial charge in [-0.15, -0.1) is 0 Å². The van der Waals surface area contributed by atoms with Gasteiger partial charge in [-0.2, -0.15) is 0 Å². The fourth-order valence-electron chi connectivity index (χ4n) is 2.58. The highest BCUT2D eigenvalue weighted by atomic mass is 16.3. The maximum Gasteiger partial charge on any atom is 0.249 e. The van der Waals surface area contributed by atoms with E-state index in [0.29, 0.717) is 13.1 Å². The van der Waals surface area contributed by atoms with E-state index in [4.69, 9.17) is 0 Å². The fraction of sp³-hybridized carbons (Fsp3) is 0.316. The zero-order valence-corrected chi connectivity index (χ0v) is 13.7. The van der Waals surface area contributed by atoms with Crippen LogP contribution >= 0.6 is 0 Å². The molecular formula is C19H24N2O2. The second-order valence-electron chi connectivity index (χ2n) is 5.36. The van der Waals surface area contributed by atoms with Crippen LogP contribution in [0, 0.1) is 0 Å². The van der Waals surface area contributed by atoms with Gasteiger partial charge in [0.15, 0.2) is 0 Å². The minimum absolute atomic E-state index is 0.0183. The third-order valence-electron chi connectivity index (χ3n) is 3.88. The van der Waals surface area contributed by atoms with E-state index in [9.17, 15) is 9.90 Å². The lowest BCUT2D eigenvalue weighted by Crippen LogP contribution is -2.37. The summed E-state index contributed by atoms with van der Waals surface area (Å²) < 4.78 is 0. The molecule has 2 aromatic carbocycles. The summed E-state index contributed by atoms with van der Waals surface area (Å²) in [5, 5.41) is 12.6. The van der Waals surface area contributed by atoms with Gasteiger partial charge in [0.2, 0.25) is 5.91 Å². The van der Waals surface area contributed by atoms with Crippen LogP contribution in [0.1, 0.15) is 31.0 Å². The van der Waals surface area contributed by atoms with Gasteiger partial charge in [0.25, 0.3) is 0 Å². The maximum atomic E-state index is 12.9. The Hall–Kier alpha value is -2.33. The number of benzene rings is 2. The molecular weight excluding hydrogens is 288 g/mol. The number of likely N-dealkylation sites (N-methyl/N-ethyl adjacent to an activating group) is 1. The third kappa shape index (κ3) is 4.33. The van der Waals surface area contributed by atoms with Gasteiger partial charge in [0.1, 0.15) is 6.04 Å². The van der Waals surface area contributed by atoms with E-state index in [2.05, 4.69) is 5.32 Å². The minimum Gasteiger partial charge on any atom is -0.392 e. The van der Waals surface area contributed by atoms with Crippen LogP contribution in [-0.2, 0) is 11.4 Å². The predicted octanol–water partition coefficient (Wildman–Crippen LogP) is 3.20. The first-order valence-corrected chi connectivity index (χ1v) is 7.99. The molecule has 2 rings (SSSR count). The van der Waals surface area contributed by atoms with Crippen LogP contribution in [0.2, 0.25) is 0 Å². The number of aliphatic hydroxyl groups excluding tert-OH is 1. The molecule has 4 heteroatoms. The maximum absolute atomic E-state index is 12.9. The predicted molar refractivity (Wildman–Crippen MR) is 93.1 cm³/mol. The summed E-state index contributed by atoms with van der Waals surface area (Å²) in [5.74, 6) is 0.0515. The SMILES string of the molecule is CCN(CC)C(=O)C(Nc1cccc(CO)c1)c1ccccc1. The molecule has 0 saturated carbocycles. The number of rotatable bonds is 7. The highest BCUT2D eigenvalue weighted by Crippen LogP contribution is 2.22. The molecule has 0 heterocycles. The molecule has 2 N–H and O–H groups in total. The fourth-order valence-corrected chi connectivity index (χ4v) is 2.58. The molecule has 0 aliphatic carbocycles. The lowest BCUT2D eigenvalue weighted by atomic mass is 10.0. The van der Waals surface area contributed by atoms with Gasteiger partial charge in [0, 0.05) is 18.8 Å². The molecule has 0 aromatic heterocycles. The number of nitrogens with one attached hydrogen (secondary N) is 1. The van der Waals surface area contributed by atoms with E-state index in [0.717, 1.165) is 16.8 Å². The van der Waals surface area contributed by atoms with E-state index >= 15 is 0 Å². The van der Waals surface area contributed by atoms with Crippen molar-refractivity contribution in [2.75, 3.05) is 18.4 Å². The van der Waals surface area contributed by atoms with Crippen LogP contribution in [-0.4, -0.2) is 29.0 Å². The van der Waals surface area contributed by atoms with Gasteiger partial charge < -0.3 is 15.3 Å². The molecule has 0 radical (unpaired) electrons. The minimum atomic E-state index is -0.440. The smallest absolute Gasteiger partial charge is 0.249 e. The molecule has 0 aliphatic heterocycles. The van der Waals surface area contributed by atoms with Crippen molar-refractivity contribution in [2.45, 2.75) is 26.5 Å². The number of carbonyl (C=O) groups is 1. The molecule has 0 bridgehead atoms. The van der Waals surface area contributed by atoms with Crippen LogP contribution in [0.5, 0.6) is 0 Å². The Morgan fingerprint density at radius 2 is 1.78 bits per heavy atom. The molecule has 0 spiro atoms. The first-order valence-electron chi connectivity index (χ1n) is 7.99. The van der Waals surface area contributed by atoms with Crippen molar-refractivity contribution < 1.29 is 9.90 Å². The highest BCUT2D eigenvalue weighted by molar-refractivity contribution is 5.86. The first kappa shape index (κ1) is 17.0. The van der Waals surface area contributed by atoms with Crippen molar-refractivity contribution in [3.8, 4) is 0 Å². The van der Waals surface area contributed by atoms with Crippen LogP contribution in [0.3, 0.4) is 0 Å². The van der Waals surface area contributed by atoms with Crippen LogP contribution in [0.25, 0.3) is 0 Å². The summed E-state index contributed by atoms with van der Waals surface area (Å²) in [6.07, 6.45) is 0. The Balaban J connectivity index is 2.31. The normalized spacial score (nSPS) is 11.8. The lowest BCUT2D eigenvalue weighted by molar-refractivity contribution is -0.131. The second kappa shape index (κ2) is 8.34. The van der Waals surface area contributed by atoms with Crippen molar-refractivity contribution in [1.82, 2.24) is 4.90 Å². The number of carbonyl (C=O) groups excluding carboxylic acids is 1. The molecule has 0 aliphatic rings. The van der Waals surface area contributed by atoms with Gasteiger partial charge in [-0.3, -0.25) is 4.79 Å². The molecule has 4 nitrogen and oxygen atoms in total. The summed E-state index contributed by atoms with van der Waals surface area (Å²) in [7, 11) is 0. The number of hydrogen-bond donors (Lipinski definition) is 2. The van der Waals surface area contributed by atoms with Crippen molar-refractivity contribution >= 4 is 11.6 Å². The molecule has 122 valence electrons. The van der Waals surface area contributed by atoms with Gasteiger partial charge in [-0.25, -0.2) is 0 Å². The summed E-state index contributed by atoms with van der Waals surface area (Å²) in [6, 6.07) is 16.8. The van der Waals surface area contributed by atoms with E-state index in [-0.39, 0.29) is 12.5 Å². The number of amides is 1. The molecule has 1 atom stereocenters. The van der Waals surface area contributed by atoms with Gasteiger partial charge in [-0.1, -0.05) is 42.5 Å². The molecule has 23 heavy (non-hydrogen) atoms. The third-order valence-corrected chi connectivity index (χ3v) is 3.88. The van der Waals surface area contributed by atoms with Crippen molar-refractivity contribution in [3.05, 3.63) is 65.7 Å². The monoisotopic (exact) mass is 312 g/mol. The van der Waals surface area contributed by atoms with Crippen molar-refractivity contribution in [2.24, 2.45) is 0 Å². The average Bonchev–Trinajstić information content (AvgIpc) is 2.61. The van der Waals surface area contributed by atoms with Crippen molar-refractivity contribution in [1.29, 1.82) is 0 Å². The molecule has 1 amide bonds. The first-order chi connectivity index (χ1) is 11.2. The Morgan fingerprint density at radius 1 is 1.09 bits per heavy atom. The topological polar surface area (TPSA) is 52.6 Å². The summed E-state index contributed by atoms with van der Waals surface area (Å²) in [4.78, 5) is 14.7. The number of hydrogen-bond acceptors (Lipinski definition) is 3. The van der Waals surface area contributed by atoms with Crippen molar-refractivity contribution in [3.63, 3.8) is 0 Å². The van der Waals surface area contributed by atoms with E-state index in [1.807, 2.05) is 73.3 Å². The van der Waals surface area contributed by atoms with E-state index < -0.39 is 6.04 Å². The quantitative estimate of drug-likeness (QED) is 0.825. The standard InChI is InChI=1S/C19H24N2O2/c1-3-21(4-2)19(23)18(16-10-6-5-7-11-16)20-17-12-8-9-15(13-17)14-22/h5-13,18,20,22H,3-4,14H2,1-2H3. The van der Waals surface area contributed by atoms with E-state index in [1.165, 1.54) is 0 Å². The second-order valence-corrected chi connectivity index (χ2v) is 5.36. The van der Waals surface area contributed by atoms with Crippen LogP contribution in [0.15, 0.2) is 54.6 Å². The molecule has 1 unspecified atom stereocenters. The number of aliphatic hydroxyl groups is 1. The Bertz CT molecular complexity index is 624. The number of anilines is 1. The Kier molecular flexibility index (Phi) is 6.18. The van der Waals surface area contributed by atoms with Gasteiger partial charge in [-0.05, 0) is 37.1 Å². The zero-order valence-electron chi connectivity index (χ0n) is 13.7. The highest BCUT2D eigenvalue weighted by Gasteiger charge is 2.24. The van der Waals surface area contributed by atoms with Gasteiger partial charge in [0.05, 0.1) is 6.61 Å². The number of nitrogens with zero attached hydrogens (tertiary/aromatic N) is 1. The zero-order chi connectivity index (χ0) is 16.7. The largest absolute Gasteiger partial charge is 0.392 e. The van der Waals surface area contributed by atoms with Crippen LogP contribution in [0.4, 0.5) is 5.69 Å². The summed E-state index contributed by atoms with van der Waals surface area (Å²) >= 11 is 0. The molecule has 2 aromatic rings. The molecule has 0 saturated heterocycles. The molecule has 0 fully saturated rings. The average molecular weight is 312 g/mol. The summed E-state index contributed by atoms with van der Waals surface area (Å²) in [6.45, 7) is 5.30.